The molecule has 0 heterocycles. The van der Waals surface area contributed by atoms with Crippen molar-refractivity contribution in [3.63, 3.8) is 0 Å². The summed E-state index contributed by atoms with van der Waals surface area (Å²) in [5, 5.41) is 4.09. The third-order valence-electron chi connectivity index (χ3n) is 4.85. The van der Waals surface area contributed by atoms with Gasteiger partial charge in [0.25, 0.3) is 0 Å². The minimum absolute atomic E-state index is 0.0136. The molecule has 0 N–H and O–H groups in total. The van der Waals surface area contributed by atoms with Crippen molar-refractivity contribution in [1.82, 2.24) is 0 Å². The van der Waals surface area contributed by atoms with Crippen LogP contribution in [-0.4, -0.2) is 20.9 Å². The molecule has 1 unspecified atom stereocenters. The van der Waals surface area contributed by atoms with Gasteiger partial charge in [0, 0.05) is 7.11 Å². The van der Waals surface area contributed by atoms with Crippen molar-refractivity contribution in [1.29, 1.82) is 0 Å². The summed E-state index contributed by atoms with van der Waals surface area (Å²) >= 11 is 0. The molecule has 0 saturated heterocycles. The van der Waals surface area contributed by atoms with Gasteiger partial charge in [-0.1, -0.05) is 103 Å². The van der Waals surface area contributed by atoms with Crippen LogP contribution in [-0.2, 0) is 4.74 Å². The van der Waals surface area contributed by atoms with E-state index in [1.54, 1.807) is 0 Å². The molecule has 1 atom stereocenters. The Bertz CT molecular complexity index is 740. The molecule has 3 rings (SSSR count). The van der Waals surface area contributed by atoms with E-state index < -0.39 is 8.07 Å². The lowest BCUT2D eigenvalue weighted by molar-refractivity contribution is 0.195. The topological polar surface area (TPSA) is 9.23 Å². The minimum Gasteiger partial charge on any atom is -0.380 e. The van der Waals surface area contributed by atoms with E-state index in [2.05, 4.69) is 111 Å². The molecule has 0 aliphatic rings. The van der Waals surface area contributed by atoms with Gasteiger partial charge in [0.2, 0.25) is 0 Å². The van der Waals surface area contributed by atoms with Gasteiger partial charge in [0.15, 0.2) is 8.07 Å². The van der Waals surface area contributed by atoms with E-state index in [9.17, 15) is 0 Å². The SMILES string of the molecule is COC(C=C(C)C)[Si](c1ccccc1)(c1ccccc1)c1ccccc1. The lowest BCUT2D eigenvalue weighted by atomic mass is 10.3. The molecular weight excluding hydrogens is 332 g/mol. The molecule has 0 aliphatic carbocycles. The first-order valence-corrected chi connectivity index (χ1v) is 11.1. The first-order valence-electron chi connectivity index (χ1n) is 9.04. The Labute approximate surface area is 158 Å². The van der Waals surface area contributed by atoms with Crippen molar-refractivity contribution in [2.24, 2.45) is 0 Å². The number of allylic oxidation sites excluding steroid dienone is 1. The van der Waals surface area contributed by atoms with Crippen molar-refractivity contribution < 1.29 is 4.74 Å². The van der Waals surface area contributed by atoms with Crippen LogP contribution in [0.3, 0.4) is 0 Å². The maximum atomic E-state index is 6.18. The quantitative estimate of drug-likeness (QED) is 0.371. The Balaban J connectivity index is 2.41. The molecular formula is C24H26OSi. The van der Waals surface area contributed by atoms with Gasteiger partial charge in [-0.05, 0) is 29.4 Å². The number of hydrogen-bond acceptors (Lipinski definition) is 1. The van der Waals surface area contributed by atoms with Crippen LogP contribution in [0.2, 0.25) is 0 Å². The molecule has 0 aliphatic heterocycles. The highest BCUT2D eigenvalue weighted by atomic mass is 28.3. The van der Waals surface area contributed by atoms with Crippen LogP contribution in [0.1, 0.15) is 13.8 Å². The summed E-state index contributed by atoms with van der Waals surface area (Å²) in [6, 6.07) is 32.6. The lowest BCUT2D eigenvalue weighted by Gasteiger charge is -2.38. The Morgan fingerprint density at radius 1 is 0.692 bits per heavy atom. The van der Waals surface area contributed by atoms with Crippen molar-refractivity contribution >= 4 is 23.6 Å². The predicted molar refractivity (Wildman–Crippen MR) is 114 cm³/mol. The fraction of sp³-hybridized carbons (Fsp3) is 0.167. The summed E-state index contributed by atoms with van der Waals surface area (Å²) in [5.41, 5.74) is 1.29. The third-order valence-corrected chi connectivity index (χ3v) is 9.84. The molecule has 26 heavy (non-hydrogen) atoms. The number of ether oxygens (including phenoxy) is 1. The van der Waals surface area contributed by atoms with Crippen LogP contribution in [0.4, 0.5) is 0 Å². The molecule has 2 heteroatoms. The van der Waals surface area contributed by atoms with Gasteiger partial charge in [-0.3, -0.25) is 0 Å². The Morgan fingerprint density at radius 2 is 1.04 bits per heavy atom. The van der Waals surface area contributed by atoms with Crippen LogP contribution in [0.25, 0.3) is 0 Å². The van der Waals surface area contributed by atoms with Crippen molar-refractivity contribution in [3.8, 4) is 0 Å². The van der Waals surface area contributed by atoms with E-state index in [1.165, 1.54) is 21.1 Å². The van der Waals surface area contributed by atoms with Crippen molar-refractivity contribution in [3.05, 3.63) is 103 Å². The molecule has 0 amide bonds. The molecule has 0 aromatic heterocycles. The van der Waals surface area contributed by atoms with E-state index in [-0.39, 0.29) is 5.73 Å². The second-order valence-corrected chi connectivity index (χ2v) is 10.7. The van der Waals surface area contributed by atoms with Crippen LogP contribution < -0.4 is 15.6 Å². The van der Waals surface area contributed by atoms with Crippen molar-refractivity contribution in [2.75, 3.05) is 7.11 Å². The van der Waals surface area contributed by atoms with Gasteiger partial charge in [-0.15, -0.1) is 0 Å². The van der Waals surface area contributed by atoms with Gasteiger partial charge >= 0.3 is 0 Å². The predicted octanol–water partition coefficient (Wildman–Crippen LogP) is 3.68. The van der Waals surface area contributed by atoms with Crippen LogP contribution in [0.15, 0.2) is 103 Å². The fourth-order valence-electron chi connectivity index (χ4n) is 3.77. The highest BCUT2D eigenvalue weighted by Crippen LogP contribution is 2.17. The van der Waals surface area contributed by atoms with E-state index in [0.29, 0.717) is 0 Å². The molecule has 0 fully saturated rings. The van der Waals surface area contributed by atoms with Gasteiger partial charge in [-0.2, -0.15) is 0 Å². The third kappa shape index (κ3) is 3.43. The minimum atomic E-state index is -2.41. The average molecular weight is 359 g/mol. The zero-order valence-electron chi connectivity index (χ0n) is 15.7. The number of hydrogen-bond donors (Lipinski definition) is 0. The zero-order valence-corrected chi connectivity index (χ0v) is 16.7. The zero-order chi connectivity index (χ0) is 18.4. The van der Waals surface area contributed by atoms with E-state index >= 15 is 0 Å². The second-order valence-electron chi connectivity index (χ2n) is 6.81. The first kappa shape index (κ1) is 18.4. The van der Waals surface area contributed by atoms with Crippen LogP contribution in [0.5, 0.6) is 0 Å². The molecule has 0 bridgehead atoms. The highest BCUT2D eigenvalue weighted by Gasteiger charge is 2.46. The summed E-state index contributed by atoms with van der Waals surface area (Å²) in [6.07, 6.45) is 2.29. The summed E-state index contributed by atoms with van der Waals surface area (Å²) in [7, 11) is -0.581. The van der Waals surface area contributed by atoms with Gasteiger partial charge < -0.3 is 4.74 Å². The molecule has 0 spiro atoms. The molecule has 132 valence electrons. The van der Waals surface area contributed by atoms with Gasteiger partial charge in [0.1, 0.15) is 0 Å². The lowest BCUT2D eigenvalue weighted by Crippen LogP contribution is -2.74. The second kappa shape index (κ2) is 8.30. The summed E-state index contributed by atoms with van der Waals surface area (Å²) in [5.74, 6) is 0. The normalized spacial score (nSPS) is 12.4. The number of methoxy groups -OCH3 is 1. The first-order chi connectivity index (χ1) is 12.7. The monoisotopic (exact) mass is 358 g/mol. The molecule has 0 radical (unpaired) electrons. The van der Waals surface area contributed by atoms with E-state index in [0.717, 1.165) is 0 Å². The van der Waals surface area contributed by atoms with Gasteiger partial charge in [0.05, 0.1) is 5.73 Å². The maximum absolute atomic E-state index is 6.18. The van der Waals surface area contributed by atoms with Crippen molar-refractivity contribution in [2.45, 2.75) is 19.6 Å². The summed E-state index contributed by atoms with van der Waals surface area (Å²) < 4.78 is 6.18. The molecule has 3 aromatic carbocycles. The largest absolute Gasteiger partial charge is 0.380 e. The van der Waals surface area contributed by atoms with Crippen LogP contribution in [0, 0.1) is 0 Å². The number of benzene rings is 3. The maximum Gasteiger partial charge on any atom is 0.183 e. The van der Waals surface area contributed by atoms with Gasteiger partial charge in [-0.25, -0.2) is 0 Å². The summed E-state index contributed by atoms with van der Waals surface area (Å²) in [4.78, 5) is 0. The Morgan fingerprint density at radius 3 is 1.31 bits per heavy atom. The highest BCUT2D eigenvalue weighted by molar-refractivity contribution is 7.12. The van der Waals surface area contributed by atoms with E-state index in [4.69, 9.17) is 4.74 Å². The smallest absolute Gasteiger partial charge is 0.183 e. The average Bonchev–Trinajstić information content (AvgIpc) is 2.70. The number of rotatable bonds is 6. The molecule has 1 nitrogen and oxygen atoms in total. The molecule has 3 aromatic rings. The Kier molecular flexibility index (Phi) is 5.87. The van der Waals surface area contributed by atoms with E-state index in [1.807, 2.05) is 7.11 Å². The standard InChI is InChI=1S/C24H26OSi/c1-20(2)19-24(25-3)26(21-13-7-4-8-14-21,22-15-9-5-10-16-22)23-17-11-6-12-18-23/h4-19,24H,1-3H3. The molecule has 0 saturated carbocycles. The summed E-state index contributed by atoms with van der Waals surface area (Å²) in [6.45, 7) is 4.29. The Hall–Kier alpha value is -2.42. The van der Waals surface area contributed by atoms with Crippen LogP contribution >= 0.6 is 0 Å². The fourth-order valence-corrected chi connectivity index (χ4v) is 8.85.